The third kappa shape index (κ3) is 3.23. The molecule has 0 bridgehead atoms. The summed E-state index contributed by atoms with van der Waals surface area (Å²) in [6.07, 6.45) is 0.833. The van der Waals surface area contributed by atoms with E-state index < -0.39 is 6.03 Å². The number of carbonyl (C=O) groups excluding carboxylic acids is 1. The fourth-order valence-electron chi connectivity index (χ4n) is 0.795. The van der Waals surface area contributed by atoms with Gasteiger partial charge in [-0.2, -0.15) is 0 Å². The molecule has 1 aromatic rings. The first-order chi connectivity index (χ1) is 5.68. The van der Waals surface area contributed by atoms with Crippen LogP contribution in [0.2, 0.25) is 0 Å². The number of halogens is 1. The Morgan fingerprint density at radius 1 is 1.67 bits per heavy atom. The molecule has 2 amide bonds. The van der Waals surface area contributed by atoms with Gasteiger partial charge in [0.15, 0.2) is 0 Å². The maximum Gasteiger partial charge on any atom is 0.312 e. The van der Waals surface area contributed by atoms with E-state index in [1.54, 1.807) is 11.3 Å². The summed E-state index contributed by atoms with van der Waals surface area (Å²) in [5.74, 6) is 0. The fourth-order valence-corrected chi connectivity index (χ4v) is 2.28. The van der Waals surface area contributed by atoms with Crippen molar-refractivity contribution in [1.29, 1.82) is 0 Å². The molecule has 5 heteroatoms. The van der Waals surface area contributed by atoms with Gasteiger partial charge >= 0.3 is 6.03 Å². The molecule has 0 aliphatic heterocycles. The molecule has 0 saturated carbocycles. The summed E-state index contributed by atoms with van der Waals surface area (Å²) < 4.78 is 1.11. The Morgan fingerprint density at radius 2 is 2.42 bits per heavy atom. The van der Waals surface area contributed by atoms with Crippen LogP contribution in [0, 0.1) is 0 Å². The topological polar surface area (TPSA) is 55.1 Å². The van der Waals surface area contributed by atoms with Gasteiger partial charge in [-0.05, 0) is 34.5 Å². The molecule has 0 spiro atoms. The number of nitrogens with two attached hydrogens (primary N) is 1. The predicted molar refractivity (Wildman–Crippen MR) is 53.3 cm³/mol. The molecule has 0 aliphatic carbocycles. The van der Waals surface area contributed by atoms with Crippen LogP contribution in [0.4, 0.5) is 4.79 Å². The Bertz CT molecular complexity index is 274. The van der Waals surface area contributed by atoms with Crippen molar-refractivity contribution in [2.45, 2.75) is 6.42 Å². The Hall–Kier alpha value is -0.550. The maximum absolute atomic E-state index is 10.3. The van der Waals surface area contributed by atoms with Gasteiger partial charge in [-0.15, -0.1) is 11.3 Å². The molecule has 0 radical (unpaired) electrons. The number of hydrogen-bond acceptors (Lipinski definition) is 2. The zero-order valence-electron chi connectivity index (χ0n) is 6.34. The molecule has 3 nitrogen and oxygen atoms in total. The van der Waals surface area contributed by atoms with E-state index in [-0.39, 0.29) is 0 Å². The van der Waals surface area contributed by atoms with Crippen LogP contribution in [0.5, 0.6) is 0 Å². The number of rotatable bonds is 3. The molecule has 0 aliphatic rings. The zero-order chi connectivity index (χ0) is 8.97. The standard InChI is InChI=1S/C7H9BrN2OS/c8-6-2-1-5(12-6)3-4-10-7(9)11/h1-2H,3-4H2,(H3,9,10,11). The smallest absolute Gasteiger partial charge is 0.312 e. The van der Waals surface area contributed by atoms with Crippen LogP contribution in [0.1, 0.15) is 4.88 Å². The molecule has 0 aromatic carbocycles. The van der Waals surface area contributed by atoms with Crippen molar-refractivity contribution < 1.29 is 4.79 Å². The van der Waals surface area contributed by atoms with Crippen LogP contribution in [-0.2, 0) is 6.42 Å². The first kappa shape index (κ1) is 9.54. The summed E-state index contributed by atoms with van der Waals surface area (Å²) in [7, 11) is 0. The molecule has 1 heterocycles. The minimum absolute atomic E-state index is 0.467. The average Bonchev–Trinajstić information content (AvgIpc) is 2.35. The average molecular weight is 249 g/mol. The molecular formula is C7H9BrN2OS. The number of urea groups is 1. The molecule has 0 unspecified atom stereocenters. The van der Waals surface area contributed by atoms with Crippen LogP contribution in [0.3, 0.4) is 0 Å². The van der Waals surface area contributed by atoms with E-state index in [0.29, 0.717) is 6.54 Å². The van der Waals surface area contributed by atoms with Gasteiger partial charge < -0.3 is 11.1 Å². The van der Waals surface area contributed by atoms with Gasteiger partial charge in [0, 0.05) is 11.4 Å². The molecule has 1 rings (SSSR count). The number of thiophene rings is 1. The van der Waals surface area contributed by atoms with E-state index in [9.17, 15) is 4.79 Å². The Labute approximate surface area is 83.1 Å². The highest BCUT2D eigenvalue weighted by molar-refractivity contribution is 9.11. The minimum Gasteiger partial charge on any atom is -0.352 e. The fraction of sp³-hybridized carbons (Fsp3) is 0.286. The molecule has 0 atom stereocenters. The minimum atomic E-state index is -0.467. The maximum atomic E-state index is 10.3. The second-order valence-corrected chi connectivity index (χ2v) is 4.79. The quantitative estimate of drug-likeness (QED) is 0.841. The van der Waals surface area contributed by atoms with Crippen LogP contribution in [0.25, 0.3) is 0 Å². The van der Waals surface area contributed by atoms with Crippen LogP contribution in [0.15, 0.2) is 15.9 Å². The number of amides is 2. The molecule has 3 N–H and O–H groups in total. The highest BCUT2D eigenvalue weighted by atomic mass is 79.9. The van der Waals surface area contributed by atoms with E-state index in [2.05, 4.69) is 21.2 Å². The lowest BCUT2D eigenvalue weighted by Gasteiger charge is -1.97. The van der Waals surface area contributed by atoms with Crippen molar-refractivity contribution in [2.24, 2.45) is 5.73 Å². The Morgan fingerprint density at radius 3 is 2.92 bits per heavy atom. The number of carbonyl (C=O) groups is 1. The van der Waals surface area contributed by atoms with Crippen LogP contribution < -0.4 is 11.1 Å². The molecule has 0 saturated heterocycles. The van der Waals surface area contributed by atoms with Gasteiger partial charge in [0.1, 0.15) is 0 Å². The third-order valence-corrected chi connectivity index (χ3v) is 2.98. The highest BCUT2D eigenvalue weighted by Gasteiger charge is 1.97. The highest BCUT2D eigenvalue weighted by Crippen LogP contribution is 2.21. The van der Waals surface area contributed by atoms with E-state index in [0.717, 1.165) is 10.2 Å². The van der Waals surface area contributed by atoms with Crippen molar-refractivity contribution in [3.63, 3.8) is 0 Å². The summed E-state index contributed by atoms with van der Waals surface area (Å²) >= 11 is 5.02. The summed E-state index contributed by atoms with van der Waals surface area (Å²) in [5.41, 5.74) is 4.91. The van der Waals surface area contributed by atoms with Crippen LogP contribution >= 0.6 is 27.3 Å². The lowest BCUT2D eigenvalue weighted by Crippen LogP contribution is -2.30. The molecule has 1 aromatic heterocycles. The van der Waals surface area contributed by atoms with E-state index in [4.69, 9.17) is 5.73 Å². The van der Waals surface area contributed by atoms with Gasteiger partial charge in [-0.1, -0.05) is 0 Å². The van der Waals surface area contributed by atoms with Gasteiger partial charge in [0.25, 0.3) is 0 Å². The molecule has 12 heavy (non-hydrogen) atoms. The van der Waals surface area contributed by atoms with E-state index in [1.165, 1.54) is 4.88 Å². The van der Waals surface area contributed by atoms with Crippen molar-refractivity contribution in [3.05, 3.63) is 20.8 Å². The summed E-state index contributed by atoms with van der Waals surface area (Å²) in [5, 5.41) is 2.53. The SMILES string of the molecule is NC(=O)NCCc1ccc(Br)s1. The number of nitrogens with one attached hydrogen (secondary N) is 1. The number of hydrogen-bond donors (Lipinski definition) is 2. The Kier molecular flexibility index (Phi) is 3.55. The summed E-state index contributed by atoms with van der Waals surface area (Å²) in [4.78, 5) is 11.5. The van der Waals surface area contributed by atoms with Gasteiger partial charge in [0.05, 0.1) is 3.79 Å². The Balaban J connectivity index is 2.29. The molecular weight excluding hydrogens is 240 g/mol. The second-order valence-electron chi connectivity index (χ2n) is 2.25. The van der Waals surface area contributed by atoms with Crippen molar-refractivity contribution in [2.75, 3.05) is 6.54 Å². The summed E-state index contributed by atoms with van der Waals surface area (Å²) in [6, 6.07) is 3.55. The normalized spacial score (nSPS) is 9.75. The first-order valence-corrected chi connectivity index (χ1v) is 5.07. The van der Waals surface area contributed by atoms with Crippen molar-refractivity contribution in [1.82, 2.24) is 5.32 Å². The first-order valence-electron chi connectivity index (χ1n) is 3.46. The van der Waals surface area contributed by atoms with Gasteiger partial charge in [0.2, 0.25) is 0 Å². The third-order valence-electron chi connectivity index (χ3n) is 1.30. The zero-order valence-corrected chi connectivity index (χ0v) is 8.74. The number of primary amides is 1. The monoisotopic (exact) mass is 248 g/mol. The second kappa shape index (κ2) is 4.47. The lowest BCUT2D eigenvalue weighted by atomic mass is 10.3. The van der Waals surface area contributed by atoms with E-state index >= 15 is 0 Å². The van der Waals surface area contributed by atoms with Gasteiger partial charge in [-0.25, -0.2) is 4.79 Å². The van der Waals surface area contributed by atoms with Crippen LogP contribution in [-0.4, -0.2) is 12.6 Å². The van der Waals surface area contributed by atoms with Crippen molar-refractivity contribution in [3.8, 4) is 0 Å². The summed E-state index contributed by atoms with van der Waals surface area (Å²) in [6.45, 7) is 0.599. The largest absolute Gasteiger partial charge is 0.352 e. The predicted octanol–water partition coefficient (Wildman–Crippen LogP) is 1.72. The molecule has 66 valence electrons. The van der Waals surface area contributed by atoms with E-state index in [1.807, 2.05) is 12.1 Å². The van der Waals surface area contributed by atoms with Crippen molar-refractivity contribution >= 4 is 33.3 Å². The molecule has 0 fully saturated rings. The lowest BCUT2D eigenvalue weighted by molar-refractivity contribution is 0.249. The van der Waals surface area contributed by atoms with Gasteiger partial charge in [-0.3, -0.25) is 0 Å².